The normalized spacial score (nSPS) is 35.4. The van der Waals surface area contributed by atoms with Crippen molar-refractivity contribution in [3.8, 4) is 0 Å². The molecule has 0 saturated heterocycles. The molecule has 5 rings (SSSR count). The van der Waals surface area contributed by atoms with Crippen LogP contribution >= 0.6 is 0 Å². The first-order valence-electron chi connectivity index (χ1n) is 15.2. The third kappa shape index (κ3) is 5.80. The topological polar surface area (TPSA) is 0 Å². The minimum Gasteiger partial charge on any atom is -0.204 e. The number of fused-ring (bicyclic) bond motifs is 2. The van der Waals surface area contributed by atoms with Crippen molar-refractivity contribution in [2.24, 2.45) is 41.4 Å². The maximum Gasteiger partial charge on any atom is 0.194 e. The zero-order valence-electron chi connectivity index (χ0n) is 22.0. The van der Waals surface area contributed by atoms with Crippen LogP contribution in [0.15, 0.2) is 6.07 Å². The Balaban J connectivity index is 1.09. The summed E-state index contributed by atoms with van der Waals surface area (Å²) in [4.78, 5) is 0. The molecular formula is C32H47F3. The Bertz CT molecular complexity index is 840. The predicted octanol–water partition coefficient (Wildman–Crippen LogP) is 9.82. The fourth-order valence-electron chi connectivity index (χ4n) is 8.88. The molecule has 35 heavy (non-hydrogen) atoms. The highest BCUT2D eigenvalue weighted by Gasteiger charge is 2.41. The highest BCUT2D eigenvalue weighted by Crippen LogP contribution is 2.51. The monoisotopic (exact) mass is 488 g/mol. The summed E-state index contributed by atoms with van der Waals surface area (Å²) in [6.07, 6.45) is 23.5. The van der Waals surface area contributed by atoms with Crippen molar-refractivity contribution in [2.75, 3.05) is 0 Å². The van der Waals surface area contributed by atoms with Crippen LogP contribution in [0.4, 0.5) is 13.2 Å². The maximum atomic E-state index is 14.2. The number of halogens is 3. The van der Waals surface area contributed by atoms with Crippen LogP contribution in [0, 0.1) is 58.9 Å². The van der Waals surface area contributed by atoms with Gasteiger partial charge in [0.2, 0.25) is 0 Å². The fourth-order valence-corrected chi connectivity index (χ4v) is 8.88. The lowest BCUT2D eigenvalue weighted by Gasteiger charge is -2.47. The van der Waals surface area contributed by atoms with Gasteiger partial charge in [-0.05, 0) is 129 Å². The molecule has 5 unspecified atom stereocenters. The molecule has 0 amide bonds. The van der Waals surface area contributed by atoms with Crippen LogP contribution in [0.5, 0.6) is 0 Å². The predicted molar refractivity (Wildman–Crippen MR) is 138 cm³/mol. The number of hydrogen-bond acceptors (Lipinski definition) is 0. The lowest BCUT2D eigenvalue weighted by molar-refractivity contribution is 0.0438. The van der Waals surface area contributed by atoms with Gasteiger partial charge in [-0.15, -0.1) is 0 Å². The average molecular weight is 489 g/mol. The maximum absolute atomic E-state index is 14.2. The van der Waals surface area contributed by atoms with Gasteiger partial charge in [-0.1, -0.05) is 51.9 Å². The molecule has 0 aliphatic heterocycles. The number of rotatable bonds is 7. The molecule has 0 radical (unpaired) electrons. The Labute approximate surface area is 211 Å². The Morgan fingerprint density at radius 3 is 1.91 bits per heavy atom. The largest absolute Gasteiger partial charge is 0.204 e. The van der Waals surface area contributed by atoms with E-state index in [1.54, 1.807) is 0 Å². The summed E-state index contributed by atoms with van der Waals surface area (Å²) in [7, 11) is 0. The van der Waals surface area contributed by atoms with E-state index in [9.17, 15) is 13.2 Å². The van der Waals surface area contributed by atoms with Crippen LogP contribution < -0.4 is 0 Å². The summed E-state index contributed by atoms with van der Waals surface area (Å²) in [5.74, 6) is 2.68. The molecule has 0 aromatic heterocycles. The first-order chi connectivity index (χ1) is 17.0. The molecule has 1 aromatic carbocycles. The van der Waals surface area contributed by atoms with E-state index in [0.29, 0.717) is 23.8 Å². The molecule has 0 nitrogen and oxygen atoms in total. The van der Waals surface area contributed by atoms with Gasteiger partial charge in [0, 0.05) is 0 Å². The second-order valence-corrected chi connectivity index (χ2v) is 12.9. The third-order valence-electron chi connectivity index (χ3n) is 11.0. The van der Waals surface area contributed by atoms with Crippen LogP contribution in [0.1, 0.15) is 121 Å². The molecule has 5 atom stereocenters. The molecule has 0 N–H and O–H groups in total. The number of hydrogen-bond donors (Lipinski definition) is 0. The van der Waals surface area contributed by atoms with Crippen LogP contribution in [-0.4, -0.2) is 0 Å². The van der Waals surface area contributed by atoms with Gasteiger partial charge in [-0.2, -0.15) is 0 Å². The lowest BCUT2D eigenvalue weighted by Crippen LogP contribution is -2.37. The van der Waals surface area contributed by atoms with Gasteiger partial charge in [-0.3, -0.25) is 0 Å². The van der Waals surface area contributed by atoms with E-state index >= 15 is 0 Å². The van der Waals surface area contributed by atoms with Crippen LogP contribution in [0.3, 0.4) is 0 Å². The minimum absolute atomic E-state index is 0.435. The van der Waals surface area contributed by atoms with E-state index in [-0.39, 0.29) is 0 Å². The molecule has 0 spiro atoms. The fraction of sp³-hybridized carbons (Fsp3) is 0.812. The molecule has 196 valence electrons. The lowest BCUT2D eigenvalue weighted by atomic mass is 9.58. The van der Waals surface area contributed by atoms with E-state index in [2.05, 4.69) is 6.92 Å². The number of unbranched alkanes of at least 4 members (excludes halogenated alkanes) is 3. The molecule has 0 bridgehead atoms. The first kappa shape index (κ1) is 25.7. The molecule has 4 aliphatic carbocycles. The van der Waals surface area contributed by atoms with Crippen molar-refractivity contribution in [3.63, 3.8) is 0 Å². The Hall–Kier alpha value is -0.990. The summed E-state index contributed by atoms with van der Waals surface area (Å²) < 4.78 is 41.7. The van der Waals surface area contributed by atoms with Crippen molar-refractivity contribution in [2.45, 2.75) is 122 Å². The zero-order valence-corrected chi connectivity index (χ0v) is 22.0. The third-order valence-corrected chi connectivity index (χ3v) is 11.0. The van der Waals surface area contributed by atoms with Crippen molar-refractivity contribution < 1.29 is 13.2 Å². The summed E-state index contributed by atoms with van der Waals surface area (Å²) in [6, 6.07) is 1.27. The summed E-state index contributed by atoms with van der Waals surface area (Å²) in [6.45, 7) is 2.30. The molecule has 1 aromatic rings. The van der Waals surface area contributed by atoms with Crippen LogP contribution in [0.2, 0.25) is 0 Å². The first-order valence-corrected chi connectivity index (χ1v) is 15.2. The standard InChI is InChI=1S/C32H47F3/c1-2-3-4-5-6-21-7-9-22(10-8-21)23-11-12-25-18-26(14-13-24(25)17-23)27-15-16-29-28(19-27)20-30(33)32(35)31(29)34/h20-27H,2-19H2,1H3. The van der Waals surface area contributed by atoms with Gasteiger partial charge in [0.15, 0.2) is 17.5 Å². The van der Waals surface area contributed by atoms with E-state index in [4.69, 9.17) is 0 Å². The molecule has 0 heterocycles. The summed E-state index contributed by atoms with van der Waals surface area (Å²) in [5, 5.41) is 0. The molecule has 4 aliphatic rings. The van der Waals surface area contributed by atoms with E-state index < -0.39 is 17.5 Å². The molecule has 3 heteroatoms. The number of benzene rings is 1. The van der Waals surface area contributed by atoms with Crippen LogP contribution in [0.25, 0.3) is 0 Å². The van der Waals surface area contributed by atoms with E-state index in [0.717, 1.165) is 48.0 Å². The summed E-state index contributed by atoms with van der Waals surface area (Å²) in [5.41, 5.74) is 1.16. The van der Waals surface area contributed by atoms with Gasteiger partial charge in [-0.25, -0.2) is 13.2 Å². The van der Waals surface area contributed by atoms with Gasteiger partial charge in [0.25, 0.3) is 0 Å². The Morgan fingerprint density at radius 1 is 0.657 bits per heavy atom. The molecular weight excluding hydrogens is 441 g/mol. The minimum atomic E-state index is -1.29. The second kappa shape index (κ2) is 11.6. The SMILES string of the molecule is CCCCCCC1CCC(C2CCC3CC(C4CCc5c(cc(F)c(F)c5F)C4)CCC3C2)CC1. The highest BCUT2D eigenvalue weighted by molar-refractivity contribution is 5.33. The van der Waals surface area contributed by atoms with Crippen molar-refractivity contribution in [1.29, 1.82) is 0 Å². The smallest absolute Gasteiger partial charge is 0.194 e. The average Bonchev–Trinajstić information content (AvgIpc) is 2.89. The summed E-state index contributed by atoms with van der Waals surface area (Å²) >= 11 is 0. The van der Waals surface area contributed by atoms with Gasteiger partial charge >= 0.3 is 0 Å². The zero-order chi connectivity index (χ0) is 24.4. The van der Waals surface area contributed by atoms with E-state index in [1.807, 2.05) is 0 Å². The van der Waals surface area contributed by atoms with Crippen molar-refractivity contribution >= 4 is 0 Å². The molecule has 3 saturated carbocycles. The Morgan fingerprint density at radius 2 is 1.26 bits per heavy atom. The van der Waals surface area contributed by atoms with Crippen molar-refractivity contribution in [3.05, 3.63) is 34.6 Å². The second-order valence-electron chi connectivity index (χ2n) is 12.9. The quantitative estimate of drug-likeness (QED) is 0.265. The molecule has 3 fully saturated rings. The van der Waals surface area contributed by atoms with Gasteiger partial charge in [0.05, 0.1) is 0 Å². The van der Waals surface area contributed by atoms with Gasteiger partial charge < -0.3 is 0 Å². The van der Waals surface area contributed by atoms with E-state index in [1.165, 1.54) is 102 Å². The van der Waals surface area contributed by atoms with Crippen LogP contribution in [-0.2, 0) is 12.8 Å². The van der Waals surface area contributed by atoms with Gasteiger partial charge in [0.1, 0.15) is 0 Å². The highest BCUT2D eigenvalue weighted by atomic mass is 19.2. The Kier molecular flexibility index (Phi) is 8.50. The van der Waals surface area contributed by atoms with Crippen molar-refractivity contribution in [1.82, 2.24) is 0 Å².